The zero-order valence-corrected chi connectivity index (χ0v) is 49.8. The maximum absolute atomic E-state index is 12.8. The molecule has 0 aromatic carbocycles. The van der Waals surface area contributed by atoms with Crippen molar-refractivity contribution in [3.8, 4) is 0 Å². The minimum atomic E-state index is -0.779. The van der Waals surface area contributed by atoms with Crippen LogP contribution in [-0.4, -0.2) is 37.2 Å². The lowest BCUT2D eigenvalue weighted by atomic mass is 10.0. The van der Waals surface area contributed by atoms with Crippen molar-refractivity contribution < 1.29 is 28.6 Å². The molecule has 0 aromatic rings. The predicted molar refractivity (Wildman–Crippen MR) is 325 cm³/mol. The first-order valence-electron chi connectivity index (χ1n) is 32.4. The zero-order valence-electron chi connectivity index (χ0n) is 49.8. The molecule has 0 rings (SSSR count). The van der Waals surface area contributed by atoms with Gasteiger partial charge in [0.25, 0.3) is 0 Å². The Labute approximate surface area is 465 Å². The normalized spacial score (nSPS) is 12.5. The molecule has 1 unspecified atom stereocenters. The summed E-state index contributed by atoms with van der Waals surface area (Å²) >= 11 is 0. The molecule has 0 N–H and O–H groups in total. The van der Waals surface area contributed by atoms with Gasteiger partial charge in [-0.3, -0.25) is 14.4 Å². The Morgan fingerprint density at radius 2 is 0.547 bits per heavy atom. The summed E-state index contributed by atoms with van der Waals surface area (Å²) < 4.78 is 16.9. The van der Waals surface area contributed by atoms with Gasteiger partial charge in [-0.2, -0.15) is 0 Å². The summed E-state index contributed by atoms with van der Waals surface area (Å²) in [4.78, 5) is 38.2. The number of unbranched alkanes of at least 4 members (excludes halogenated alkanes) is 36. The molecule has 0 saturated heterocycles. The number of allylic oxidation sites excluding steroid dienone is 12. The van der Waals surface area contributed by atoms with E-state index in [4.69, 9.17) is 14.2 Å². The smallest absolute Gasteiger partial charge is 0.306 e. The Balaban J connectivity index is 4.12. The van der Waals surface area contributed by atoms with Crippen molar-refractivity contribution in [1.82, 2.24) is 0 Å². The van der Waals surface area contributed by atoms with E-state index in [1.807, 2.05) is 0 Å². The van der Waals surface area contributed by atoms with Gasteiger partial charge in [0.1, 0.15) is 13.2 Å². The van der Waals surface area contributed by atoms with Crippen LogP contribution in [0, 0.1) is 0 Å². The Morgan fingerprint density at radius 1 is 0.280 bits per heavy atom. The molecular formula is C69H122O6. The number of rotatable bonds is 59. The van der Waals surface area contributed by atoms with Crippen molar-refractivity contribution in [2.24, 2.45) is 0 Å². The maximum Gasteiger partial charge on any atom is 0.306 e. The fourth-order valence-corrected chi connectivity index (χ4v) is 9.36. The second kappa shape index (κ2) is 63.4. The molecule has 6 nitrogen and oxygen atoms in total. The van der Waals surface area contributed by atoms with E-state index in [9.17, 15) is 14.4 Å². The van der Waals surface area contributed by atoms with Gasteiger partial charge in [0.15, 0.2) is 6.10 Å². The van der Waals surface area contributed by atoms with Gasteiger partial charge < -0.3 is 14.2 Å². The highest BCUT2D eigenvalue weighted by molar-refractivity contribution is 5.71. The van der Waals surface area contributed by atoms with Gasteiger partial charge in [0.2, 0.25) is 0 Å². The van der Waals surface area contributed by atoms with Gasteiger partial charge in [-0.1, -0.05) is 299 Å². The summed E-state index contributed by atoms with van der Waals surface area (Å²) in [6.07, 6.45) is 82.1. The van der Waals surface area contributed by atoms with Crippen LogP contribution in [0.4, 0.5) is 0 Å². The van der Waals surface area contributed by atoms with Gasteiger partial charge in [-0.25, -0.2) is 0 Å². The van der Waals surface area contributed by atoms with E-state index in [0.717, 1.165) is 116 Å². The molecule has 0 aliphatic carbocycles. The summed E-state index contributed by atoms with van der Waals surface area (Å²) in [5.74, 6) is -0.874. The average molecular weight is 1050 g/mol. The first-order valence-corrected chi connectivity index (χ1v) is 32.4. The lowest BCUT2D eigenvalue weighted by Gasteiger charge is -2.18. The Hall–Kier alpha value is -3.15. The average Bonchev–Trinajstić information content (AvgIpc) is 3.41. The number of carbonyl (C=O) groups is 3. The molecular weight excluding hydrogens is 925 g/mol. The standard InChI is InChI=1S/C69H122O6/c1-4-7-10-13-16-19-22-25-26-27-28-29-30-31-32-33-34-35-36-37-38-39-40-41-42-45-47-50-53-56-59-62-68(71)74-65-66(75-69(72)63-60-57-54-51-48-44-24-21-18-15-12-9-6-3)64-73-67(70)61-58-55-52-49-46-43-23-20-17-14-11-8-5-2/h7,10,12,15-16,19,21,24-26,28-29,66H,4-6,8-9,11,13-14,17-18,20,22-23,27,30-65H2,1-3H3/b10-7-,15-12-,19-16-,24-21-,26-25-,29-28-. The van der Waals surface area contributed by atoms with Gasteiger partial charge >= 0.3 is 17.9 Å². The van der Waals surface area contributed by atoms with Crippen LogP contribution in [0.25, 0.3) is 0 Å². The van der Waals surface area contributed by atoms with Crippen molar-refractivity contribution in [3.63, 3.8) is 0 Å². The molecule has 0 aliphatic heterocycles. The van der Waals surface area contributed by atoms with E-state index in [1.165, 1.54) is 173 Å². The first kappa shape index (κ1) is 71.8. The maximum atomic E-state index is 12.8. The van der Waals surface area contributed by atoms with Crippen molar-refractivity contribution in [2.75, 3.05) is 13.2 Å². The number of esters is 3. The van der Waals surface area contributed by atoms with Crippen LogP contribution in [-0.2, 0) is 28.6 Å². The second-order valence-corrected chi connectivity index (χ2v) is 21.6. The molecule has 1 atom stereocenters. The number of hydrogen-bond acceptors (Lipinski definition) is 6. The van der Waals surface area contributed by atoms with Crippen molar-refractivity contribution in [1.29, 1.82) is 0 Å². The van der Waals surface area contributed by atoms with Gasteiger partial charge in [0.05, 0.1) is 0 Å². The molecule has 0 spiro atoms. The van der Waals surface area contributed by atoms with E-state index < -0.39 is 6.10 Å². The highest BCUT2D eigenvalue weighted by atomic mass is 16.6. The van der Waals surface area contributed by atoms with Crippen molar-refractivity contribution in [3.05, 3.63) is 72.9 Å². The van der Waals surface area contributed by atoms with Crippen molar-refractivity contribution in [2.45, 2.75) is 335 Å². The lowest BCUT2D eigenvalue weighted by molar-refractivity contribution is -0.167. The van der Waals surface area contributed by atoms with E-state index in [-0.39, 0.29) is 31.1 Å². The molecule has 0 heterocycles. The number of carbonyl (C=O) groups excluding carboxylic acids is 3. The van der Waals surface area contributed by atoms with Crippen LogP contribution in [0.3, 0.4) is 0 Å². The van der Waals surface area contributed by atoms with E-state index >= 15 is 0 Å². The zero-order chi connectivity index (χ0) is 54.3. The summed E-state index contributed by atoms with van der Waals surface area (Å²) in [7, 11) is 0. The lowest BCUT2D eigenvalue weighted by Crippen LogP contribution is -2.30. The molecule has 0 saturated carbocycles. The fraction of sp³-hybridized carbons (Fsp3) is 0.783. The van der Waals surface area contributed by atoms with E-state index in [2.05, 4.69) is 93.7 Å². The number of hydrogen-bond donors (Lipinski definition) is 0. The van der Waals surface area contributed by atoms with E-state index in [1.54, 1.807) is 0 Å². The largest absolute Gasteiger partial charge is 0.462 e. The van der Waals surface area contributed by atoms with Crippen LogP contribution >= 0.6 is 0 Å². The van der Waals surface area contributed by atoms with E-state index in [0.29, 0.717) is 19.3 Å². The van der Waals surface area contributed by atoms with Crippen LogP contribution in [0.5, 0.6) is 0 Å². The van der Waals surface area contributed by atoms with Crippen molar-refractivity contribution >= 4 is 17.9 Å². The minimum absolute atomic E-state index is 0.0759. The molecule has 75 heavy (non-hydrogen) atoms. The molecule has 0 radical (unpaired) electrons. The highest BCUT2D eigenvalue weighted by Gasteiger charge is 2.19. The third-order valence-electron chi connectivity index (χ3n) is 14.2. The SMILES string of the molecule is CC/C=C\C/C=C\C/C=C\C/C=C\CCCCCCCCCCCCCCCCCCCCC(=O)OCC(COC(=O)CCCCCCCCCCCCCCC)OC(=O)CCCCCCC/C=C\C/C=C\CCC. The van der Waals surface area contributed by atoms with Gasteiger partial charge in [-0.15, -0.1) is 0 Å². The molecule has 0 aliphatic rings. The first-order chi connectivity index (χ1) is 37.0. The summed E-state index contributed by atoms with van der Waals surface area (Å²) in [5, 5.41) is 0. The molecule has 0 aromatic heterocycles. The monoisotopic (exact) mass is 1050 g/mol. The predicted octanol–water partition coefficient (Wildman–Crippen LogP) is 22.1. The topological polar surface area (TPSA) is 78.9 Å². The highest BCUT2D eigenvalue weighted by Crippen LogP contribution is 2.17. The Bertz CT molecular complexity index is 1390. The molecule has 0 bridgehead atoms. The fourth-order valence-electron chi connectivity index (χ4n) is 9.36. The molecule has 6 heteroatoms. The quantitative estimate of drug-likeness (QED) is 0.0261. The van der Waals surface area contributed by atoms with Crippen LogP contribution < -0.4 is 0 Å². The van der Waals surface area contributed by atoms with Gasteiger partial charge in [0, 0.05) is 19.3 Å². The van der Waals surface area contributed by atoms with Gasteiger partial charge in [-0.05, 0) is 83.5 Å². The minimum Gasteiger partial charge on any atom is -0.462 e. The number of ether oxygens (including phenoxy) is 3. The van der Waals surface area contributed by atoms with Crippen LogP contribution in [0.1, 0.15) is 329 Å². The third kappa shape index (κ3) is 61.6. The molecule has 434 valence electrons. The summed E-state index contributed by atoms with van der Waals surface area (Å²) in [5.41, 5.74) is 0. The third-order valence-corrected chi connectivity index (χ3v) is 14.2. The summed E-state index contributed by atoms with van der Waals surface area (Å²) in [6.45, 7) is 6.49. The Morgan fingerprint density at radius 3 is 0.867 bits per heavy atom. The Kier molecular flexibility index (Phi) is 60.7. The second-order valence-electron chi connectivity index (χ2n) is 21.6. The summed E-state index contributed by atoms with van der Waals surface area (Å²) in [6, 6.07) is 0. The van der Waals surface area contributed by atoms with Crippen LogP contribution in [0.15, 0.2) is 72.9 Å². The van der Waals surface area contributed by atoms with Crippen LogP contribution in [0.2, 0.25) is 0 Å². The molecule has 0 fully saturated rings. The molecule has 0 amide bonds.